The zero-order valence-electron chi connectivity index (χ0n) is 11.4. The Morgan fingerprint density at radius 3 is 2.81 bits per heavy atom. The summed E-state index contributed by atoms with van der Waals surface area (Å²) < 4.78 is 5.18. The van der Waals surface area contributed by atoms with Crippen LogP contribution in [0.25, 0.3) is 6.08 Å². The fourth-order valence-electron chi connectivity index (χ4n) is 2.13. The molecule has 1 saturated heterocycles. The van der Waals surface area contributed by atoms with Gasteiger partial charge in [0.1, 0.15) is 5.76 Å². The average Bonchev–Trinajstić information content (AvgIpc) is 3.04. The number of rotatable bonds is 3. The average molecular weight is 299 g/mol. The summed E-state index contributed by atoms with van der Waals surface area (Å²) in [7, 11) is 0. The van der Waals surface area contributed by atoms with Crippen molar-refractivity contribution < 1.29 is 14.0 Å². The fourth-order valence-corrected chi connectivity index (χ4v) is 2.95. The van der Waals surface area contributed by atoms with Crippen LogP contribution in [-0.2, 0) is 11.3 Å². The SMILES string of the molecule is Cc1cccc(CN2C(=O)S/C(=C/c3ccco3)C2=O)c1. The quantitative estimate of drug-likeness (QED) is 0.808. The van der Waals surface area contributed by atoms with Gasteiger partial charge in [0.15, 0.2) is 0 Å². The van der Waals surface area contributed by atoms with Crippen LogP contribution in [0.4, 0.5) is 4.79 Å². The standard InChI is InChI=1S/C16H13NO3S/c1-11-4-2-5-12(8-11)10-17-15(18)14(21-16(17)19)9-13-6-3-7-20-13/h2-9H,10H2,1H3/b14-9+. The summed E-state index contributed by atoms with van der Waals surface area (Å²) in [6.45, 7) is 2.27. The molecule has 0 atom stereocenters. The molecular weight excluding hydrogens is 286 g/mol. The molecule has 1 aliphatic rings. The topological polar surface area (TPSA) is 50.5 Å². The van der Waals surface area contributed by atoms with Gasteiger partial charge >= 0.3 is 0 Å². The number of carbonyl (C=O) groups is 2. The molecule has 0 N–H and O–H groups in total. The fraction of sp³-hybridized carbons (Fsp3) is 0.125. The van der Waals surface area contributed by atoms with E-state index in [1.807, 2.05) is 31.2 Å². The Hall–Kier alpha value is -2.27. The Morgan fingerprint density at radius 1 is 1.24 bits per heavy atom. The van der Waals surface area contributed by atoms with Crippen molar-refractivity contribution >= 4 is 29.0 Å². The van der Waals surface area contributed by atoms with E-state index >= 15 is 0 Å². The van der Waals surface area contributed by atoms with E-state index in [9.17, 15) is 9.59 Å². The van der Waals surface area contributed by atoms with Gasteiger partial charge in [0.2, 0.25) is 0 Å². The predicted molar refractivity (Wildman–Crippen MR) is 81.4 cm³/mol. The lowest BCUT2D eigenvalue weighted by Crippen LogP contribution is -2.27. The van der Waals surface area contributed by atoms with Gasteiger partial charge in [0, 0.05) is 6.08 Å². The molecular formula is C16H13NO3S. The van der Waals surface area contributed by atoms with Gasteiger partial charge in [-0.15, -0.1) is 0 Å². The monoisotopic (exact) mass is 299 g/mol. The van der Waals surface area contributed by atoms with Crippen LogP contribution in [0.3, 0.4) is 0 Å². The first-order valence-electron chi connectivity index (χ1n) is 6.48. The van der Waals surface area contributed by atoms with Crippen molar-refractivity contribution in [2.75, 3.05) is 0 Å². The Labute approximate surface area is 126 Å². The van der Waals surface area contributed by atoms with Crippen LogP contribution >= 0.6 is 11.8 Å². The summed E-state index contributed by atoms with van der Waals surface area (Å²) in [5.41, 5.74) is 2.04. The van der Waals surface area contributed by atoms with Gasteiger partial charge in [-0.3, -0.25) is 14.5 Å². The molecule has 0 bridgehead atoms. The number of nitrogens with zero attached hydrogens (tertiary/aromatic N) is 1. The minimum atomic E-state index is -0.275. The molecule has 0 radical (unpaired) electrons. The second kappa shape index (κ2) is 5.61. The van der Waals surface area contributed by atoms with Crippen LogP contribution in [0.1, 0.15) is 16.9 Å². The van der Waals surface area contributed by atoms with Gasteiger partial charge in [0.05, 0.1) is 17.7 Å². The van der Waals surface area contributed by atoms with Crippen LogP contribution in [0.5, 0.6) is 0 Å². The third-order valence-corrected chi connectivity index (χ3v) is 4.02. The van der Waals surface area contributed by atoms with E-state index in [0.717, 1.165) is 22.9 Å². The number of thioether (sulfide) groups is 1. The molecule has 0 spiro atoms. The third kappa shape index (κ3) is 2.92. The Bertz CT molecular complexity index is 719. The summed E-state index contributed by atoms with van der Waals surface area (Å²) in [4.78, 5) is 26.0. The smallest absolute Gasteiger partial charge is 0.293 e. The maximum atomic E-state index is 12.3. The normalized spacial score (nSPS) is 17.0. The van der Waals surface area contributed by atoms with Crippen LogP contribution in [0, 0.1) is 6.92 Å². The zero-order chi connectivity index (χ0) is 14.8. The van der Waals surface area contributed by atoms with Gasteiger partial charge < -0.3 is 4.42 Å². The van der Waals surface area contributed by atoms with Crippen molar-refractivity contribution in [1.29, 1.82) is 0 Å². The van der Waals surface area contributed by atoms with E-state index in [1.54, 1.807) is 18.2 Å². The van der Waals surface area contributed by atoms with E-state index < -0.39 is 0 Å². The van der Waals surface area contributed by atoms with E-state index in [0.29, 0.717) is 17.2 Å². The first kappa shape index (κ1) is 13.7. The number of aryl methyl sites for hydroxylation is 1. The number of hydrogen-bond acceptors (Lipinski definition) is 4. The number of hydrogen-bond donors (Lipinski definition) is 0. The number of imide groups is 1. The first-order chi connectivity index (χ1) is 10.1. The van der Waals surface area contributed by atoms with Crippen LogP contribution < -0.4 is 0 Å². The van der Waals surface area contributed by atoms with Crippen LogP contribution in [0.2, 0.25) is 0 Å². The first-order valence-corrected chi connectivity index (χ1v) is 7.29. The maximum absolute atomic E-state index is 12.3. The molecule has 0 saturated carbocycles. The van der Waals surface area contributed by atoms with Gasteiger partial charge in [-0.05, 0) is 36.4 Å². The molecule has 106 valence electrons. The van der Waals surface area contributed by atoms with Crippen LogP contribution in [-0.4, -0.2) is 16.0 Å². The van der Waals surface area contributed by atoms with Crippen molar-refractivity contribution in [2.24, 2.45) is 0 Å². The predicted octanol–water partition coefficient (Wildman–Crippen LogP) is 3.82. The molecule has 0 unspecified atom stereocenters. The summed E-state index contributed by atoms with van der Waals surface area (Å²) >= 11 is 0.942. The molecule has 1 aromatic heterocycles. The summed E-state index contributed by atoms with van der Waals surface area (Å²) in [5, 5.41) is -0.251. The highest BCUT2D eigenvalue weighted by Gasteiger charge is 2.35. The van der Waals surface area contributed by atoms with Gasteiger partial charge in [0.25, 0.3) is 11.1 Å². The van der Waals surface area contributed by atoms with Crippen LogP contribution in [0.15, 0.2) is 52.0 Å². The highest BCUT2D eigenvalue weighted by Crippen LogP contribution is 2.33. The summed E-state index contributed by atoms with van der Waals surface area (Å²) in [5.74, 6) is 0.291. The molecule has 21 heavy (non-hydrogen) atoms. The Morgan fingerprint density at radius 2 is 2.10 bits per heavy atom. The number of benzene rings is 1. The molecule has 0 aliphatic carbocycles. The molecule has 4 nitrogen and oxygen atoms in total. The molecule has 3 rings (SSSR count). The van der Waals surface area contributed by atoms with Crippen molar-refractivity contribution in [1.82, 2.24) is 4.90 Å². The second-order valence-electron chi connectivity index (χ2n) is 4.77. The summed E-state index contributed by atoms with van der Waals surface area (Å²) in [6, 6.07) is 11.3. The summed E-state index contributed by atoms with van der Waals surface area (Å²) in [6.07, 6.45) is 3.13. The molecule has 2 amide bonds. The molecule has 2 heterocycles. The molecule has 1 aliphatic heterocycles. The van der Waals surface area contributed by atoms with E-state index in [4.69, 9.17) is 4.42 Å². The van der Waals surface area contributed by atoms with Crippen molar-refractivity contribution in [2.45, 2.75) is 13.5 Å². The largest absolute Gasteiger partial charge is 0.465 e. The van der Waals surface area contributed by atoms with Gasteiger partial charge in [-0.25, -0.2) is 0 Å². The number of amides is 2. The van der Waals surface area contributed by atoms with E-state index in [-0.39, 0.29) is 11.1 Å². The van der Waals surface area contributed by atoms with Crippen molar-refractivity contribution in [3.63, 3.8) is 0 Å². The lowest BCUT2D eigenvalue weighted by atomic mass is 10.1. The van der Waals surface area contributed by atoms with Crippen molar-refractivity contribution in [3.05, 3.63) is 64.5 Å². The second-order valence-corrected chi connectivity index (χ2v) is 5.77. The van der Waals surface area contributed by atoms with E-state index in [2.05, 4.69) is 0 Å². The minimum Gasteiger partial charge on any atom is -0.465 e. The van der Waals surface area contributed by atoms with Gasteiger partial charge in [-0.1, -0.05) is 29.8 Å². The highest BCUT2D eigenvalue weighted by atomic mass is 32.2. The Balaban J connectivity index is 1.81. The highest BCUT2D eigenvalue weighted by molar-refractivity contribution is 8.18. The Kier molecular flexibility index (Phi) is 3.66. The molecule has 1 aromatic carbocycles. The molecule has 1 fully saturated rings. The lowest BCUT2D eigenvalue weighted by Gasteiger charge is -2.12. The van der Waals surface area contributed by atoms with Gasteiger partial charge in [-0.2, -0.15) is 0 Å². The number of furan rings is 1. The number of carbonyl (C=O) groups excluding carboxylic acids is 2. The zero-order valence-corrected chi connectivity index (χ0v) is 12.2. The maximum Gasteiger partial charge on any atom is 0.293 e. The lowest BCUT2D eigenvalue weighted by molar-refractivity contribution is -0.123. The minimum absolute atomic E-state index is 0.251. The van der Waals surface area contributed by atoms with E-state index in [1.165, 1.54) is 11.2 Å². The third-order valence-electron chi connectivity index (χ3n) is 3.11. The molecule has 5 heteroatoms. The van der Waals surface area contributed by atoms with Crippen molar-refractivity contribution in [3.8, 4) is 0 Å². The molecule has 2 aromatic rings.